The molecule has 3 unspecified atom stereocenters. The number of carbonyl (C=O) groups is 11. The normalized spacial score (nSPS) is 31.1. The molecule has 26 heteroatoms. The van der Waals surface area contributed by atoms with Crippen molar-refractivity contribution in [3.8, 4) is 0 Å². The topological polar surface area (TPSA) is 259 Å². The molecule has 516 valence electrons. The quantitative estimate of drug-likeness (QED) is 0.199. The van der Waals surface area contributed by atoms with E-state index in [1.807, 2.05) is 20.8 Å². The predicted molar refractivity (Wildman–Crippen MR) is 338 cm³/mol. The Morgan fingerprint density at radius 1 is 0.615 bits per heavy atom. The van der Waals surface area contributed by atoms with E-state index in [4.69, 9.17) is 11.6 Å². The Balaban J connectivity index is 1.53. The van der Waals surface area contributed by atoms with Crippen LogP contribution in [-0.2, 0) is 52.7 Å². The summed E-state index contributed by atoms with van der Waals surface area (Å²) >= 11 is 6.36. The van der Waals surface area contributed by atoms with Crippen molar-refractivity contribution in [2.45, 2.75) is 237 Å². The van der Waals surface area contributed by atoms with Gasteiger partial charge in [0, 0.05) is 66.7 Å². The molecule has 5 rings (SSSR count). The van der Waals surface area contributed by atoms with Crippen LogP contribution in [0.4, 0.5) is 13.2 Å². The Morgan fingerprint density at radius 2 is 1.21 bits per heavy atom. The molecule has 22 nitrogen and oxygen atoms in total. The van der Waals surface area contributed by atoms with E-state index >= 15 is 9.59 Å². The number of carbonyl (C=O) groups excluding carboxylic acids is 11. The first-order valence-corrected chi connectivity index (χ1v) is 33.7. The van der Waals surface area contributed by atoms with Crippen molar-refractivity contribution in [2.24, 2.45) is 41.4 Å². The number of likely N-dealkylation sites (N-methyl/N-ethyl adjacent to an activating group) is 6. The average Bonchev–Trinajstić information content (AvgIpc) is 1.75. The van der Waals surface area contributed by atoms with E-state index in [1.165, 1.54) is 66.8 Å². The molecule has 11 atom stereocenters. The molecule has 5 aliphatic rings. The first kappa shape index (κ1) is 76.0. The van der Waals surface area contributed by atoms with Crippen LogP contribution in [0.3, 0.4) is 0 Å². The van der Waals surface area contributed by atoms with E-state index in [-0.39, 0.29) is 94.9 Å². The van der Waals surface area contributed by atoms with Crippen LogP contribution >= 0.6 is 11.6 Å². The van der Waals surface area contributed by atoms with Gasteiger partial charge in [0.05, 0.1) is 25.6 Å². The molecule has 0 aromatic rings. The molecule has 2 saturated heterocycles. The maximum absolute atomic E-state index is 15.1. The van der Waals surface area contributed by atoms with Crippen molar-refractivity contribution >= 4 is 76.6 Å². The largest absolute Gasteiger partial charge is 0.393 e. The minimum atomic E-state index is -4.49. The Morgan fingerprint density at radius 3 is 1.79 bits per heavy atom. The number of hydrogen-bond acceptors (Lipinski definition) is 11. The molecule has 5 fully saturated rings. The standard InChI is InChI=1S/C65H107ClF3N11O11/c1-15-41(7)55-62(90)76(11)36-53(83)74(9)37-54(84)78(13)50(34-44-22-20-40(6)21-23-44)61(89)75(10)35-51(81)71-47(27-25-43-24-26-45(46(66)33-43)65(67,68)69)60(88)80-30-18-19-48(80)58(86)73-64(28-16-17-29-64)63(91)79(14)56(39(4)5)59(87)70-42(8)32-52(82)77(12)49(31-38(2)3)57(85)72-55/h38-50,55-56H,15-37H2,1-14H3,(H,70,87)(H,71,81)(H,72,85)(H,73,86)/t40?,41-,42+,43?,44?,45?,46?,47-,48-,49-,50-,55-,56-/m0/s1. The van der Waals surface area contributed by atoms with Crippen LogP contribution in [0.5, 0.6) is 0 Å². The summed E-state index contributed by atoms with van der Waals surface area (Å²) in [7, 11) is 8.63. The van der Waals surface area contributed by atoms with Crippen molar-refractivity contribution in [2.75, 3.05) is 68.5 Å². The summed E-state index contributed by atoms with van der Waals surface area (Å²) in [6.45, 7) is 13.2. The SMILES string of the molecule is CC[C@H](C)[C@@H]1NC(=O)[C@H](CC(C)C)N(C)C(=O)C[C@@H](C)NC(=O)[C@H](C(C)C)N(C)C(=O)C2(CCCC2)NC(=O)[C@@H]2CCCN2C(=O)[C@H](CCC2CCC(C(F)(F)F)C(Cl)C2)NC(=O)CN(C)C(=O)[C@H](CC2CCC(C)CC2)N(C)C(=O)CN(C)C(=O)CN(C)C1=O. The molecule has 3 saturated carbocycles. The molecular weight excluding hydrogens is 1200 g/mol. The maximum Gasteiger partial charge on any atom is 0.393 e. The molecule has 0 bridgehead atoms. The highest BCUT2D eigenvalue weighted by molar-refractivity contribution is 6.20. The lowest BCUT2D eigenvalue weighted by Gasteiger charge is -2.39. The molecule has 2 heterocycles. The minimum absolute atomic E-state index is 0.0135. The van der Waals surface area contributed by atoms with E-state index in [2.05, 4.69) is 28.2 Å². The molecule has 91 heavy (non-hydrogen) atoms. The average molecular weight is 1310 g/mol. The smallest absolute Gasteiger partial charge is 0.351 e. The van der Waals surface area contributed by atoms with Crippen LogP contribution < -0.4 is 21.3 Å². The summed E-state index contributed by atoms with van der Waals surface area (Å²) < 4.78 is 41.7. The highest BCUT2D eigenvalue weighted by Gasteiger charge is 2.51. The second-order valence-corrected chi connectivity index (χ2v) is 28.8. The van der Waals surface area contributed by atoms with Gasteiger partial charge in [0.15, 0.2) is 0 Å². The maximum atomic E-state index is 15.1. The molecule has 0 aromatic heterocycles. The summed E-state index contributed by atoms with van der Waals surface area (Å²) in [5, 5.41) is 10.4. The van der Waals surface area contributed by atoms with Crippen LogP contribution in [0.2, 0.25) is 0 Å². The van der Waals surface area contributed by atoms with E-state index in [0.717, 1.165) is 35.5 Å². The fourth-order valence-corrected chi connectivity index (χ4v) is 14.7. The van der Waals surface area contributed by atoms with E-state index < -0.39 is 162 Å². The number of nitrogens with zero attached hydrogens (tertiary/aromatic N) is 7. The zero-order valence-electron chi connectivity index (χ0n) is 56.6. The third kappa shape index (κ3) is 20.1. The Kier molecular flexibility index (Phi) is 27.9. The van der Waals surface area contributed by atoms with Gasteiger partial charge in [0.1, 0.15) is 41.8 Å². The Labute approximate surface area is 542 Å². The third-order valence-electron chi connectivity index (χ3n) is 20.1. The lowest BCUT2D eigenvalue weighted by molar-refractivity contribution is -0.182. The molecule has 0 radical (unpaired) electrons. The van der Waals surface area contributed by atoms with Gasteiger partial charge in [-0.3, -0.25) is 52.7 Å². The number of halogens is 4. The zero-order valence-corrected chi connectivity index (χ0v) is 57.3. The lowest BCUT2D eigenvalue weighted by atomic mass is 9.78. The van der Waals surface area contributed by atoms with Gasteiger partial charge in [-0.1, -0.05) is 93.4 Å². The second kappa shape index (κ2) is 33.4. The van der Waals surface area contributed by atoms with Gasteiger partial charge in [-0.05, 0) is 113 Å². The molecule has 3 aliphatic carbocycles. The number of nitrogens with one attached hydrogen (secondary N) is 4. The highest BCUT2D eigenvalue weighted by atomic mass is 35.5. The fraction of sp³-hybridized carbons (Fsp3) is 0.831. The van der Waals surface area contributed by atoms with Gasteiger partial charge in [-0.2, -0.15) is 13.2 Å². The van der Waals surface area contributed by atoms with Gasteiger partial charge >= 0.3 is 6.18 Å². The van der Waals surface area contributed by atoms with Crippen LogP contribution in [0.25, 0.3) is 0 Å². The summed E-state index contributed by atoms with van der Waals surface area (Å²) in [6, 6.07) is -7.59. The monoisotopic (exact) mass is 1310 g/mol. The van der Waals surface area contributed by atoms with Crippen LogP contribution in [0.1, 0.15) is 177 Å². The third-order valence-corrected chi connectivity index (χ3v) is 20.6. The fourth-order valence-electron chi connectivity index (χ4n) is 14.2. The Hall–Kier alpha value is -5.75. The molecular formula is C65H107ClF3N11O11. The molecule has 0 aromatic carbocycles. The van der Waals surface area contributed by atoms with E-state index in [1.54, 1.807) is 27.7 Å². The van der Waals surface area contributed by atoms with Crippen molar-refractivity contribution in [1.82, 2.24) is 55.6 Å². The number of fused-ring (bicyclic) bond motifs is 1. The predicted octanol–water partition coefficient (Wildman–Crippen LogP) is 5.47. The highest BCUT2D eigenvalue weighted by Crippen LogP contribution is 2.44. The first-order valence-electron chi connectivity index (χ1n) is 33.3. The number of hydrogen-bond donors (Lipinski definition) is 4. The van der Waals surface area contributed by atoms with Crippen molar-refractivity contribution in [3.05, 3.63) is 0 Å². The summed E-state index contributed by atoms with van der Waals surface area (Å²) in [4.78, 5) is 168. The molecule has 11 amide bonds. The van der Waals surface area contributed by atoms with Crippen molar-refractivity contribution in [1.29, 1.82) is 0 Å². The number of amides is 11. The van der Waals surface area contributed by atoms with Crippen molar-refractivity contribution in [3.63, 3.8) is 0 Å². The van der Waals surface area contributed by atoms with Gasteiger partial charge in [0.2, 0.25) is 65.0 Å². The van der Waals surface area contributed by atoms with E-state index in [9.17, 15) is 56.3 Å². The van der Waals surface area contributed by atoms with Crippen LogP contribution in [0.15, 0.2) is 0 Å². The van der Waals surface area contributed by atoms with Crippen LogP contribution in [-0.4, -0.2) is 227 Å². The number of alkyl halides is 4. The summed E-state index contributed by atoms with van der Waals surface area (Å²) in [5.41, 5.74) is -1.48. The second-order valence-electron chi connectivity index (χ2n) is 28.3. The first-order chi connectivity index (χ1) is 42.5. The number of rotatable bonds is 10. The minimum Gasteiger partial charge on any atom is -0.351 e. The van der Waals surface area contributed by atoms with Gasteiger partial charge in [-0.15, -0.1) is 11.6 Å². The summed E-state index contributed by atoms with van der Waals surface area (Å²) in [5.74, 6) is -9.15. The van der Waals surface area contributed by atoms with Gasteiger partial charge in [0.25, 0.3) is 0 Å². The van der Waals surface area contributed by atoms with Crippen molar-refractivity contribution < 1.29 is 65.9 Å². The zero-order chi connectivity index (χ0) is 68.1. The lowest BCUT2D eigenvalue weighted by Crippen LogP contribution is -2.64. The molecule has 4 N–H and O–H groups in total. The molecule has 1 spiro atoms. The van der Waals surface area contributed by atoms with Gasteiger partial charge in [-0.25, -0.2) is 0 Å². The molecule has 2 aliphatic heterocycles. The summed E-state index contributed by atoms with van der Waals surface area (Å²) in [6.07, 6.45) is 1.80. The Bertz CT molecular complexity index is 2580. The van der Waals surface area contributed by atoms with Gasteiger partial charge < -0.3 is 55.6 Å². The van der Waals surface area contributed by atoms with E-state index in [0.29, 0.717) is 31.6 Å². The van der Waals surface area contributed by atoms with Crippen LogP contribution in [0, 0.1) is 41.4 Å².